The minimum absolute atomic E-state index is 0.242. The van der Waals surface area contributed by atoms with Crippen molar-refractivity contribution >= 4 is 46.4 Å². The maximum absolute atomic E-state index is 12.7. The van der Waals surface area contributed by atoms with Gasteiger partial charge in [-0.1, -0.05) is 18.2 Å². The lowest BCUT2D eigenvalue weighted by Crippen LogP contribution is -2.54. The average Bonchev–Trinajstić information content (AvgIpc) is 3.26. The molecular formula is C24H36N6O5S. The van der Waals surface area contributed by atoms with Gasteiger partial charge in [0.15, 0.2) is 0 Å². The summed E-state index contributed by atoms with van der Waals surface area (Å²) >= 11 is 1.49. The number of aromatic nitrogens is 1. The van der Waals surface area contributed by atoms with Crippen molar-refractivity contribution in [2.24, 2.45) is 11.5 Å². The molecule has 2 rings (SSSR count). The molecule has 0 fully saturated rings. The molecule has 0 saturated carbocycles. The van der Waals surface area contributed by atoms with Crippen LogP contribution in [0.3, 0.4) is 0 Å². The molecule has 2 aromatic rings. The van der Waals surface area contributed by atoms with Crippen LogP contribution in [0, 0.1) is 0 Å². The average molecular weight is 521 g/mol. The van der Waals surface area contributed by atoms with Crippen LogP contribution in [0.4, 0.5) is 0 Å². The van der Waals surface area contributed by atoms with Crippen LogP contribution in [0.2, 0.25) is 0 Å². The van der Waals surface area contributed by atoms with Gasteiger partial charge >= 0.3 is 5.97 Å². The summed E-state index contributed by atoms with van der Waals surface area (Å²) in [4.78, 5) is 52.3. The number of fused-ring (bicyclic) bond motifs is 1. The minimum atomic E-state index is -1.15. The first-order valence-corrected chi connectivity index (χ1v) is 13.3. The Bertz CT molecular complexity index is 1030. The summed E-state index contributed by atoms with van der Waals surface area (Å²) in [7, 11) is 0. The van der Waals surface area contributed by atoms with Gasteiger partial charge in [0.2, 0.25) is 17.7 Å². The van der Waals surface area contributed by atoms with E-state index in [9.17, 15) is 24.3 Å². The third kappa shape index (κ3) is 9.17. The number of aliphatic carboxylic acids is 1. The molecule has 3 atom stereocenters. The number of aromatic amines is 1. The van der Waals surface area contributed by atoms with Crippen molar-refractivity contribution in [3.05, 3.63) is 36.0 Å². The van der Waals surface area contributed by atoms with Gasteiger partial charge in [0.1, 0.15) is 12.1 Å². The Labute approximate surface area is 214 Å². The summed E-state index contributed by atoms with van der Waals surface area (Å²) in [6.45, 7) is 0.0756. The van der Waals surface area contributed by atoms with Gasteiger partial charge in [-0.15, -0.1) is 0 Å². The molecule has 3 amide bonds. The van der Waals surface area contributed by atoms with Gasteiger partial charge in [0.05, 0.1) is 12.6 Å². The predicted molar refractivity (Wildman–Crippen MR) is 140 cm³/mol. The zero-order valence-corrected chi connectivity index (χ0v) is 21.2. The second kappa shape index (κ2) is 15.1. The Hall–Kier alpha value is -3.09. The number of carboxylic acid groups (broad SMARTS) is 1. The van der Waals surface area contributed by atoms with E-state index in [1.54, 1.807) is 6.20 Å². The molecule has 1 aromatic heterocycles. The summed E-state index contributed by atoms with van der Waals surface area (Å²) in [5.74, 6) is -2.22. The van der Waals surface area contributed by atoms with Crippen molar-refractivity contribution in [1.82, 2.24) is 20.9 Å². The predicted octanol–water partition coefficient (Wildman–Crippen LogP) is 0.0902. The molecule has 1 heterocycles. The fourth-order valence-electron chi connectivity index (χ4n) is 3.70. The van der Waals surface area contributed by atoms with Gasteiger partial charge in [-0.05, 0) is 62.3 Å². The standard InChI is InChI=1S/C24H36N6O5S/c1-36-11-9-19(23(33)30-20(24(34)35)8-4-5-10-25)29-21(31)14-28-22(32)17(26)12-15-13-27-18-7-3-2-6-16(15)18/h2-3,6-7,13,17,19-20,27H,4-5,8-12,14,25-26H2,1H3,(H,28,32)(H,29,31)(H,30,33)(H,34,35)/t17-,19-,20-/m0/s1. The summed E-state index contributed by atoms with van der Waals surface area (Å²) in [5, 5.41) is 18.0. The molecule has 1 aromatic carbocycles. The summed E-state index contributed by atoms with van der Waals surface area (Å²) in [5.41, 5.74) is 13.3. The largest absolute Gasteiger partial charge is 0.480 e. The van der Waals surface area contributed by atoms with Crippen LogP contribution in [0.15, 0.2) is 30.5 Å². The van der Waals surface area contributed by atoms with E-state index in [1.165, 1.54) is 11.8 Å². The Morgan fingerprint density at radius 2 is 1.81 bits per heavy atom. The first-order valence-electron chi connectivity index (χ1n) is 11.9. The van der Waals surface area contributed by atoms with Crippen molar-refractivity contribution in [2.75, 3.05) is 25.1 Å². The van der Waals surface area contributed by atoms with Gasteiger partial charge < -0.3 is 37.5 Å². The van der Waals surface area contributed by atoms with Crippen molar-refractivity contribution in [3.63, 3.8) is 0 Å². The Kier molecular flexibility index (Phi) is 12.2. The minimum Gasteiger partial charge on any atom is -0.480 e. The normalized spacial score (nSPS) is 13.5. The fourth-order valence-corrected chi connectivity index (χ4v) is 4.17. The number of carbonyl (C=O) groups is 4. The fraction of sp³-hybridized carbons (Fsp3) is 0.500. The molecule has 12 heteroatoms. The van der Waals surface area contributed by atoms with E-state index in [0.717, 1.165) is 16.5 Å². The maximum atomic E-state index is 12.7. The van der Waals surface area contributed by atoms with Crippen LogP contribution >= 0.6 is 11.8 Å². The highest BCUT2D eigenvalue weighted by molar-refractivity contribution is 7.98. The number of benzene rings is 1. The van der Waals surface area contributed by atoms with Gasteiger partial charge in [-0.2, -0.15) is 11.8 Å². The van der Waals surface area contributed by atoms with Crippen LogP contribution in [0.5, 0.6) is 0 Å². The van der Waals surface area contributed by atoms with Gasteiger partial charge in [-0.3, -0.25) is 14.4 Å². The van der Waals surface area contributed by atoms with E-state index in [0.29, 0.717) is 31.6 Å². The number of thioether (sulfide) groups is 1. The van der Waals surface area contributed by atoms with E-state index in [1.807, 2.05) is 30.5 Å². The van der Waals surface area contributed by atoms with Gasteiger partial charge in [0, 0.05) is 17.1 Å². The molecule has 11 nitrogen and oxygen atoms in total. The molecule has 0 unspecified atom stereocenters. The number of amides is 3. The van der Waals surface area contributed by atoms with E-state index < -0.39 is 41.8 Å². The molecule has 198 valence electrons. The smallest absolute Gasteiger partial charge is 0.326 e. The lowest BCUT2D eigenvalue weighted by molar-refractivity contribution is -0.142. The quantitative estimate of drug-likeness (QED) is 0.151. The highest BCUT2D eigenvalue weighted by Crippen LogP contribution is 2.18. The van der Waals surface area contributed by atoms with Crippen molar-refractivity contribution in [1.29, 1.82) is 0 Å². The highest BCUT2D eigenvalue weighted by Gasteiger charge is 2.26. The highest BCUT2D eigenvalue weighted by atomic mass is 32.2. The van der Waals surface area contributed by atoms with Crippen LogP contribution in [0.25, 0.3) is 10.9 Å². The summed E-state index contributed by atoms with van der Waals surface area (Å²) in [6.07, 6.45) is 5.71. The topological polar surface area (TPSA) is 192 Å². The number of carboxylic acids is 1. The lowest BCUT2D eigenvalue weighted by Gasteiger charge is -2.21. The molecular weight excluding hydrogens is 484 g/mol. The third-order valence-corrected chi connectivity index (χ3v) is 6.34. The number of carbonyl (C=O) groups excluding carboxylic acids is 3. The molecule has 0 radical (unpaired) electrons. The third-order valence-electron chi connectivity index (χ3n) is 5.70. The van der Waals surface area contributed by atoms with E-state index >= 15 is 0 Å². The second-order valence-electron chi connectivity index (χ2n) is 8.47. The number of unbranched alkanes of at least 4 members (excludes halogenated alkanes) is 1. The van der Waals surface area contributed by atoms with E-state index in [4.69, 9.17) is 11.5 Å². The Morgan fingerprint density at radius 1 is 1.06 bits per heavy atom. The monoisotopic (exact) mass is 520 g/mol. The SMILES string of the molecule is CSCC[C@H](NC(=O)CNC(=O)[C@@H](N)Cc1c[nH]c2ccccc12)C(=O)N[C@@H](CCCCN)C(=O)O. The van der Waals surface area contributed by atoms with Crippen LogP contribution in [0.1, 0.15) is 31.2 Å². The molecule has 0 aliphatic rings. The van der Waals surface area contributed by atoms with Crippen molar-refractivity contribution in [3.8, 4) is 0 Å². The Morgan fingerprint density at radius 3 is 2.50 bits per heavy atom. The summed E-state index contributed by atoms with van der Waals surface area (Å²) < 4.78 is 0. The number of rotatable bonds is 16. The molecule has 9 N–H and O–H groups in total. The van der Waals surface area contributed by atoms with Crippen molar-refractivity contribution < 1.29 is 24.3 Å². The Balaban J connectivity index is 1.88. The van der Waals surface area contributed by atoms with Crippen LogP contribution in [-0.2, 0) is 25.6 Å². The van der Waals surface area contributed by atoms with Gasteiger partial charge in [-0.25, -0.2) is 4.79 Å². The van der Waals surface area contributed by atoms with E-state index in [2.05, 4.69) is 20.9 Å². The first-order chi connectivity index (χ1) is 17.3. The first kappa shape index (κ1) is 29.1. The zero-order valence-electron chi connectivity index (χ0n) is 20.4. The number of H-pyrrole nitrogens is 1. The molecule has 0 aliphatic carbocycles. The molecule has 36 heavy (non-hydrogen) atoms. The number of hydrogen-bond acceptors (Lipinski definition) is 7. The number of nitrogens with one attached hydrogen (secondary N) is 4. The summed E-state index contributed by atoms with van der Waals surface area (Å²) in [6, 6.07) is 4.81. The maximum Gasteiger partial charge on any atom is 0.326 e. The van der Waals surface area contributed by atoms with Gasteiger partial charge in [0.25, 0.3) is 0 Å². The molecule has 0 spiro atoms. The van der Waals surface area contributed by atoms with Crippen molar-refractivity contribution in [2.45, 2.75) is 50.2 Å². The molecule has 0 saturated heterocycles. The van der Waals surface area contributed by atoms with E-state index in [-0.39, 0.29) is 19.4 Å². The second-order valence-corrected chi connectivity index (χ2v) is 9.46. The van der Waals surface area contributed by atoms with Crippen LogP contribution in [-0.4, -0.2) is 77.0 Å². The van der Waals surface area contributed by atoms with Crippen LogP contribution < -0.4 is 27.4 Å². The number of para-hydroxylation sites is 1. The number of hydrogen-bond donors (Lipinski definition) is 7. The lowest BCUT2D eigenvalue weighted by atomic mass is 10.1. The number of nitrogens with two attached hydrogens (primary N) is 2. The zero-order chi connectivity index (χ0) is 26.5. The molecule has 0 bridgehead atoms. The molecule has 0 aliphatic heterocycles.